The lowest BCUT2D eigenvalue weighted by Gasteiger charge is -2.15. The fraction of sp³-hybridized carbons (Fsp3) is 0.364. The average molecular weight is 244 g/mol. The Morgan fingerprint density at radius 1 is 1.24 bits per heavy atom. The summed E-state index contributed by atoms with van der Waals surface area (Å²) < 4.78 is 27.9. The van der Waals surface area contributed by atoms with Crippen LogP contribution in [-0.2, 0) is 9.53 Å². The summed E-state index contributed by atoms with van der Waals surface area (Å²) in [5, 5.41) is 9.65. The van der Waals surface area contributed by atoms with Crippen molar-refractivity contribution < 1.29 is 28.5 Å². The fourth-order valence-electron chi connectivity index (χ4n) is 1.38. The lowest BCUT2D eigenvalue weighted by Crippen LogP contribution is -2.16. The molecule has 0 spiro atoms. The highest BCUT2D eigenvalue weighted by Gasteiger charge is 2.27. The Bertz CT molecular complexity index is 419. The van der Waals surface area contributed by atoms with Crippen LogP contribution in [0.2, 0.25) is 0 Å². The molecule has 1 atom stereocenters. The van der Waals surface area contributed by atoms with Crippen LogP contribution < -0.4 is 9.47 Å². The first kappa shape index (κ1) is 13.2. The van der Waals surface area contributed by atoms with Crippen LogP contribution in [0, 0.1) is 5.82 Å². The van der Waals surface area contributed by atoms with Gasteiger partial charge in [-0.25, -0.2) is 9.18 Å². The van der Waals surface area contributed by atoms with Gasteiger partial charge in [-0.1, -0.05) is 0 Å². The molecule has 0 heterocycles. The summed E-state index contributed by atoms with van der Waals surface area (Å²) in [5.41, 5.74) is -0.307. The van der Waals surface area contributed by atoms with Crippen LogP contribution in [0.15, 0.2) is 12.1 Å². The maximum atomic E-state index is 13.9. The average Bonchev–Trinajstić information content (AvgIpc) is 2.36. The number of benzene rings is 1. The number of esters is 1. The Kier molecular flexibility index (Phi) is 4.28. The zero-order valence-corrected chi connectivity index (χ0v) is 9.69. The molecule has 0 aliphatic carbocycles. The molecule has 0 saturated heterocycles. The summed E-state index contributed by atoms with van der Waals surface area (Å²) in [6.45, 7) is 0. The molecule has 0 fully saturated rings. The summed E-state index contributed by atoms with van der Waals surface area (Å²) in [4.78, 5) is 11.2. The number of aliphatic hydroxyl groups excluding tert-OH is 1. The summed E-state index contributed by atoms with van der Waals surface area (Å²) in [7, 11) is 3.67. The van der Waals surface area contributed by atoms with Crippen LogP contribution in [0.25, 0.3) is 0 Å². The largest absolute Gasteiger partial charge is 0.496 e. The summed E-state index contributed by atoms with van der Waals surface area (Å²) >= 11 is 0. The molecule has 1 aromatic rings. The molecule has 5 nitrogen and oxygen atoms in total. The van der Waals surface area contributed by atoms with Crippen LogP contribution in [0.3, 0.4) is 0 Å². The number of aliphatic hydroxyl groups is 1. The molecule has 1 N–H and O–H groups in total. The normalized spacial score (nSPS) is 11.8. The Labute approximate surface area is 97.7 Å². The molecule has 0 bridgehead atoms. The number of carbonyl (C=O) groups is 1. The van der Waals surface area contributed by atoms with Gasteiger partial charge in [0.05, 0.1) is 26.9 Å². The molecule has 1 aromatic carbocycles. The van der Waals surface area contributed by atoms with Crippen molar-refractivity contribution >= 4 is 5.97 Å². The fourth-order valence-corrected chi connectivity index (χ4v) is 1.38. The molecular weight excluding hydrogens is 231 g/mol. The van der Waals surface area contributed by atoms with E-state index in [0.717, 1.165) is 7.11 Å². The second kappa shape index (κ2) is 5.49. The topological polar surface area (TPSA) is 65.0 Å². The van der Waals surface area contributed by atoms with Gasteiger partial charge in [0.25, 0.3) is 0 Å². The van der Waals surface area contributed by atoms with Gasteiger partial charge < -0.3 is 19.3 Å². The minimum absolute atomic E-state index is 0.0428. The van der Waals surface area contributed by atoms with Gasteiger partial charge in [0.15, 0.2) is 17.7 Å². The number of rotatable bonds is 4. The molecule has 17 heavy (non-hydrogen) atoms. The second-order valence-corrected chi connectivity index (χ2v) is 3.12. The molecule has 0 aromatic heterocycles. The standard InChI is InChI=1S/C11H13FO5/c1-15-6-4-5-7(16-2)9(12)8(6)10(13)11(14)17-3/h4-5,10,13H,1-3H3. The van der Waals surface area contributed by atoms with Crippen molar-refractivity contribution in [2.45, 2.75) is 6.10 Å². The van der Waals surface area contributed by atoms with Crippen LogP contribution in [0.1, 0.15) is 11.7 Å². The quantitative estimate of drug-likeness (QED) is 0.802. The van der Waals surface area contributed by atoms with Crippen molar-refractivity contribution in [3.8, 4) is 11.5 Å². The first-order chi connectivity index (χ1) is 8.06. The van der Waals surface area contributed by atoms with E-state index in [1.807, 2.05) is 0 Å². The summed E-state index contributed by atoms with van der Waals surface area (Å²) in [6.07, 6.45) is -1.76. The monoisotopic (exact) mass is 244 g/mol. The van der Waals surface area contributed by atoms with Gasteiger partial charge in [-0.15, -0.1) is 0 Å². The predicted octanol–water partition coefficient (Wildman–Crippen LogP) is 1.05. The predicted molar refractivity (Wildman–Crippen MR) is 56.5 cm³/mol. The van der Waals surface area contributed by atoms with Gasteiger partial charge in [-0.3, -0.25) is 0 Å². The molecule has 1 unspecified atom stereocenters. The number of carbonyl (C=O) groups excluding carboxylic acids is 1. The SMILES string of the molecule is COC(=O)C(O)c1c(OC)ccc(OC)c1F. The van der Waals surface area contributed by atoms with E-state index in [-0.39, 0.29) is 17.1 Å². The van der Waals surface area contributed by atoms with Gasteiger partial charge >= 0.3 is 5.97 Å². The minimum atomic E-state index is -1.76. The first-order valence-electron chi connectivity index (χ1n) is 4.73. The zero-order valence-electron chi connectivity index (χ0n) is 9.69. The Morgan fingerprint density at radius 2 is 1.76 bits per heavy atom. The van der Waals surface area contributed by atoms with Crippen molar-refractivity contribution in [3.63, 3.8) is 0 Å². The Balaban J connectivity index is 3.32. The van der Waals surface area contributed by atoms with Crippen LogP contribution in [-0.4, -0.2) is 32.4 Å². The first-order valence-corrected chi connectivity index (χ1v) is 4.73. The van der Waals surface area contributed by atoms with Crippen molar-refractivity contribution in [2.24, 2.45) is 0 Å². The van der Waals surface area contributed by atoms with Gasteiger partial charge in [-0.05, 0) is 12.1 Å². The van der Waals surface area contributed by atoms with Crippen molar-refractivity contribution in [1.29, 1.82) is 0 Å². The molecule has 94 valence electrons. The highest BCUT2D eigenvalue weighted by atomic mass is 19.1. The molecule has 0 aliphatic rings. The maximum Gasteiger partial charge on any atom is 0.339 e. The maximum absolute atomic E-state index is 13.9. The van der Waals surface area contributed by atoms with E-state index in [2.05, 4.69) is 4.74 Å². The molecule has 6 heteroatoms. The number of ether oxygens (including phenoxy) is 3. The van der Waals surface area contributed by atoms with Crippen LogP contribution >= 0.6 is 0 Å². The van der Waals surface area contributed by atoms with Gasteiger partial charge in [0, 0.05) is 0 Å². The third-order valence-corrected chi connectivity index (χ3v) is 2.24. The van der Waals surface area contributed by atoms with E-state index in [9.17, 15) is 14.3 Å². The number of halogens is 1. The van der Waals surface area contributed by atoms with E-state index in [0.29, 0.717) is 0 Å². The molecule has 0 radical (unpaired) electrons. The minimum Gasteiger partial charge on any atom is -0.496 e. The second-order valence-electron chi connectivity index (χ2n) is 3.12. The van der Waals surface area contributed by atoms with Crippen molar-refractivity contribution in [1.82, 2.24) is 0 Å². The number of hydrogen-bond donors (Lipinski definition) is 1. The molecule has 0 amide bonds. The van der Waals surface area contributed by atoms with E-state index >= 15 is 0 Å². The Hall–Kier alpha value is -1.82. The van der Waals surface area contributed by atoms with Gasteiger partial charge in [-0.2, -0.15) is 0 Å². The molecule has 0 saturated carbocycles. The van der Waals surface area contributed by atoms with E-state index < -0.39 is 17.9 Å². The van der Waals surface area contributed by atoms with Crippen molar-refractivity contribution in [3.05, 3.63) is 23.5 Å². The van der Waals surface area contributed by atoms with Crippen LogP contribution in [0.5, 0.6) is 11.5 Å². The zero-order chi connectivity index (χ0) is 13.0. The third-order valence-electron chi connectivity index (χ3n) is 2.24. The molecule has 0 aliphatic heterocycles. The smallest absolute Gasteiger partial charge is 0.339 e. The van der Waals surface area contributed by atoms with Gasteiger partial charge in [0.1, 0.15) is 5.75 Å². The molecular formula is C11H13FO5. The lowest BCUT2D eigenvalue weighted by molar-refractivity contribution is -0.151. The highest BCUT2D eigenvalue weighted by Crippen LogP contribution is 2.33. The van der Waals surface area contributed by atoms with Gasteiger partial charge in [0.2, 0.25) is 0 Å². The lowest BCUT2D eigenvalue weighted by atomic mass is 10.1. The summed E-state index contributed by atoms with van der Waals surface area (Å²) in [6, 6.07) is 2.73. The highest BCUT2D eigenvalue weighted by molar-refractivity contribution is 5.77. The number of methoxy groups -OCH3 is 3. The van der Waals surface area contributed by atoms with E-state index in [1.165, 1.54) is 26.4 Å². The van der Waals surface area contributed by atoms with E-state index in [1.54, 1.807) is 0 Å². The molecule has 1 rings (SSSR count). The van der Waals surface area contributed by atoms with Crippen LogP contribution in [0.4, 0.5) is 4.39 Å². The third kappa shape index (κ3) is 2.47. The Morgan fingerprint density at radius 3 is 2.24 bits per heavy atom. The number of hydrogen-bond acceptors (Lipinski definition) is 5. The van der Waals surface area contributed by atoms with Crippen molar-refractivity contribution in [2.75, 3.05) is 21.3 Å². The summed E-state index contributed by atoms with van der Waals surface area (Å²) in [5.74, 6) is -1.88. The van der Waals surface area contributed by atoms with E-state index in [4.69, 9.17) is 9.47 Å².